The summed E-state index contributed by atoms with van der Waals surface area (Å²) < 4.78 is 7.80. The van der Waals surface area contributed by atoms with Gasteiger partial charge in [0.05, 0.1) is 0 Å². The molecule has 1 aromatic carbocycles. The topological polar surface area (TPSA) is 113 Å². The van der Waals surface area contributed by atoms with E-state index < -0.39 is 0 Å². The summed E-state index contributed by atoms with van der Waals surface area (Å²) in [6.07, 6.45) is 7.20. The largest absolute Gasteiger partial charge is 0.381 e. The molecule has 1 amide bonds. The molecule has 8 heteroatoms. The van der Waals surface area contributed by atoms with Gasteiger partial charge in [-0.25, -0.2) is 4.98 Å². The van der Waals surface area contributed by atoms with Gasteiger partial charge < -0.3 is 19.6 Å². The summed E-state index contributed by atoms with van der Waals surface area (Å²) in [6, 6.07) is 13.8. The third kappa shape index (κ3) is 5.11. The van der Waals surface area contributed by atoms with Gasteiger partial charge in [0.25, 0.3) is 11.5 Å². The molecule has 5 rings (SSSR count). The van der Waals surface area contributed by atoms with Crippen molar-refractivity contribution in [3.8, 4) is 17.2 Å². The van der Waals surface area contributed by atoms with Gasteiger partial charge in [-0.1, -0.05) is 13.3 Å². The van der Waals surface area contributed by atoms with E-state index in [4.69, 9.17) is 10.00 Å². The number of H-pyrrole nitrogens is 1. The Morgan fingerprint density at radius 1 is 1.21 bits per heavy atom. The van der Waals surface area contributed by atoms with Crippen molar-refractivity contribution in [1.82, 2.24) is 19.9 Å². The lowest BCUT2D eigenvalue weighted by Gasteiger charge is -2.25. The van der Waals surface area contributed by atoms with Crippen molar-refractivity contribution in [1.29, 1.82) is 5.26 Å². The molecule has 2 N–H and O–H groups in total. The van der Waals surface area contributed by atoms with Crippen LogP contribution >= 0.6 is 0 Å². The van der Waals surface area contributed by atoms with E-state index in [1.54, 1.807) is 12.3 Å². The number of aromatic amines is 1. The first-order valence-corrected chi connectivity index (χ1v) is 13.1. The van der Waals surface area contributed by atoms with Gasteiger partial charge in [-0.3, -0.25) is 9.59 Å². The Balaban J connectivity index is 1.54. The van der Waals surface area contributed by atoms with Crippen molar-refractivity contribution in [2.75, 3.05) is 13.2 Å². The number of amides is 1. The Labute approximate surface area is 221 Å². The van der Waals surface area contributed by atoms with E-state index in [2.05, 4.69) is 32.8 Å². The number of aromatic nitrogens is 3. The number of benzene rings is 1. The molecule has 1 saturated heterocycles. The molecule has 0 saturated carbocycles. The molecule has 0 unspecified atom stereocenters. The molecule has 0 bridgehead atoms. The van der Waals surface area contributed by atoms with Gasteiger partial charge in [-0.15, -0.1) is 0 Å². The van der Waals surface area contributed by atoms with Crippen LogP contribution in [-0.4, -0.2) is 33.7 Å². The van der Waals surface area contributed by atoms with Crippen LogP contribution in [0.5, 0.6) is 0 Å². The monoisotopic (exact) mass is 509 g/mol. The first-order chi connectivity index (χ1) is 18.5. The molecular formula is C30H31N5O3. The molecule has 1 aliphatic rings. The van der Waals surface area contributed by atoms with E-state index in [0.717, 1.165) is 59.0 Å². The van der Waals surface area contributed by atoms with E-state index in [1.807, 2.05) is 43.5 Å². The first kappa shape index (κ1) is 25.4. The number of aryl methyl sites for hydroxylation is 2. The maximum atomic E-state index is 13.6. The number of carbonyl (C=O) groups excluding carboxylic acids is 1. The number of hydrogen-bond acceptors (Lipinski definition) is 5. The number of rotatable bonds is 7. The minimum atomic E-state index is -0.245. The Kier molecular flexibility index (Phi) is 7.38. The number of nitriles is 1. The lowest BCUT2D eigenvalue weighted by atomic mass is 9.99. The number of ether oxygens (including phenoxy) is 1. The Hall–Kier alpha value is -4.22. The number of carbonyl (C=O) groups is 1. The van der Waals surface area contributed by atoms with Crippen molar-refractivity contribution < 1.29 is 9.53 Å². The van der Waals surface area contributed by atoms with Gasteiger partial charge in [0.2, 0.25) is 0 Å². The quantitative estimate of drug-likeness (QED) is 0.371. The predicted octanol–water partition coefficient (Wildman–Crippen LogP) is 4.81. The van der Waals surface area contributed by atoms with Crippen molar-refractivity contribution in [3.63, 3.8) is 0 Å². The van der Waals surface area contributed by atoms with Crippen LogP contribution in [0.25, 0.3) is 22.0 Å². The van der Waals surface area contributed by atoms with E-state index >= 15 is 0 Å². The lowest BCUT2D eigenvalue weighted by Crippen LogP contribution is -2.28. The maximum absolute atomic E-state index is 13.6. The van der Waals surface area contributed by atoms with Crippen molar-refractivity contribution in [2.24, 2.45) is 0 Å². The third-order valence-electron chi connectivity index (χ3n) is 7.19. The van der Waals surface area contributed by atoms with E-state index in [9.17, 15) is 9.59 Å². The SMILES string of the molecule is CCCc1cc(C)[nH]c(=O)c1CNC(=O)c1cc(-c2ccc(C#N)nc2)cc2c1ccn2C1CCOCC1. The van der Waals surface area contributed by atoms with Gasteiger partial charge in [-0.05, 0) is 73.7 Å². The lowest BCUT2D eigenvalue weighted by molar-refractivity contribution is 0.0707. The van der Waals surface area contributed by atoms with Gasteiger partial charge in [0.15, 0.2) is 0 Å². The van der Waals surface area contributed by atoms with Crippen LogP contribution in [0.2, 0.25) is 0 Å². The molecule has 1 fully saturated rings. The van der Waals surface area contributed by atoms with E-state index in [0.29, 0.717) is 30.0 Å². The molecule has 38 heavy (non-hydrogen) atoms. The standard InChI is InChI=1S/C30H31N5O3/c1-3-4-20-13-19(2)34-30(37)27(20)18-33-29(36)26-14-22(21-5-6-23(16-31)32-17-21)15-28-25(26)7-10-35(28)24-8-11-38-12-9-24/h5-7,10,13-15,17,24H,3-4,8-9,11-12,18H2,1-2H3,(H,33,36)(H,34,37). The zero-order chi connectivity index (χ0) is 26.6. The third-order valence-corrected chi connectivity index (χ3v) is 7.19. The van der Waals surface area contributed by atoms with Gasteiger partial charge in [0.1, 0.15) is 11.8 Å². The van der Waals surface area contributed by atoms with Crippen molar-refractivity contribution in [3.05, 3.63) is 87.2 Å². The average Bonchev–Trinajstić information content (AvgIpc) is 3.36. The normalized spacial score (nSPS) is 13.9. The second-order valence-electron chi connectivity index (χ2n) is 9.79. The molecule has 194 valence electrons. The van der Waals surface area contributed by atoms with E-state index in [1.165, 1.54) is 0 Å². The number of hydrogen-bond donors (Lipinski definition) is 2. The molecule has 0 aliphatic carbocycles. The number of nitrogens with one attached hydrogen (secondary N) is 2. The fourth-order valence-electron chi connectivity index (χ4n) is 5.26. The summed E-state index contributed by atoms with van der Waals surface area (Å²) in [5.74, 6) is -0.245. The highest BCUT2D eigenvalue weighted by Crippen LogP contribution is 2.33. The van der Waals surface area contributed by atoms with Gasteiger partial charge in [0, 0.05) is 71.5 Å². The fraction of sp³-hybridized carbons (Fsp3) is 0.333. The first-order valence-electron chi connectivity index (χ1n) is 13.1. The summed E-state index contributed by atoms with van der Waals surface area (Å²) in [5, 5.41) is 13.0. The summed E-state index contributed by atoms with van der Waals surface area (Å²) in [6.45, 7) is 5.51. The van der Waals surface area contributed by atoms with Crippen LogP contribution in [0.4, 0.5) is 0 Å². The summed E-state index contributed by atoms with van der Waals surface area (Å²) in [5.41, 5.74) is 5.69. The van der Waals surface area contributed by atoms with Crippen LogP contribution in [-0.2, 0) is 17.7 Å². The highest BCUT2D eigenvalue weighted by atomic mass is 16.5. The molecule has 1 aliphatic heterocycles. The van der Waals surface area contributed by atoms with Crippen LogP contribution in [0, 0.1) is 18.3 Å². The minimum Gasteiger partial charge on any atom is -0.381 e. The molecule has 8 nitrogen and oxygen atoms in total. The molecule has 4 aromatic rings. The molecule has 0 atom stereocenters. The van der Waals surface area contributed by atoms with Crippen LogP contribution in [0.1, 0.15) is 65.1 Å². The minimum absolute atomic E-state index is 0.147. The van der Waals surface area contributed by atoms with Crippen molar-refractivity contribution in [2.45, 2.75) is 52.1 Å². The summed E-state index contributed by atoms with van der Waals surface area (Å²) in [4.78, 5) is 33.4. The zero-order valence-corrected chi connectivity index (χ0v) is 21.7. The summed E-state index contributed by atoms with van der Waals surface area (Å²) >= 11 is 0. The zero-order valence-electron chi connectivity index (χ0n) is 21.7. The summed E-state index contributed by atoms with van der Waals surface area (Å²) in [7, 11) is 0. The molecule has 0 radical (unpaired) electrons. The number of nitrogens with zero attached hydrogens (tertiary/aromatic N) is 3. The van der Waals surface area contributed by atoms with Crippen molar-refractivity contribution >= 4 is 16.8 Å². The van der Waals surface area contributed by atoms with Gasteiger partial charge in [-0.2, -0.15) is 5.26 Å². The fourth-order valence-corrected chi connectivity index (χ4v) is 5.26. The highest BCUT2D eigenvalue weighted by Gasteiger charge is 2.21. The van der Waals surface area contributed by atoms with Crippen LogP contribution in [0.3, 0.4) is 0 Å². The number of pyridine rings is 2. The maximum Gasteiger partial charge on any atom is 0.253 e. The second kappa shape index (κ2) is 11.0. The second-order valence-corrected chi connectivity index (χ2v) is 9.79. The smallest absolute Gasteiger partial charge is 0.253 e. The Morgan fingerprint density at radius 3 is 2.74 bits per heavy atom. The molecular weight excluding hydrogens is 478 g/mol. The van der Waals surface area contributed by atoms with Crippen LogP contribution < -0.4 is 10.9 Å². The predicted molar refractivity (Wildman–Crippen MR) is 146 cm³/mol. The highest BCUT2D eigenvalue weighted by molar-refractivity contribution is 6.08. The van der Waals surface area contributed by atoms with E-state index in [-0.39, 0.29) is 24.1 Å². The molecule has 4 heterocycles. The molecule has 3 aromatic heterocycles. The Bertz CT molecular complexity index is 1570. The Morgan fingerprint density at radius 2 is 2.03 bits per heavy atom. The van der Waals surface area contributed by atoms with Gasteiger partial charge >= 0.3 is 0 Å². The number of fused-ring (bicyclic) bond motifs is 1. The van der Waals surface area contributed by atoms with Crippen LogP contribution in [0.15, 0.2) is 53.6 Å². The average molecular weight is 510 g/mol. The molecule has 0 spiro atoms.